The average Bonchev–Trinajstić information content (AvgIpc) is 3.32. The summed E-state index contributed by atoms with van der Waals surface area (Å²) in [6.07, 6.45) is 3.18. The summed E-state index contributed by atoms with van der Waals surface area (Å²) < 4.78 is 1.87. The molecule has 26 heavy (non-hydrogen) atoms. The highest BCUT2D eigenvalue weighted by Crippen LogP contribution is 2.19. The third-order valence-corrected chi connectivity index (χ3v) is 3.84. The topological polar surface area (TPSA) is 103 Å². The van der Waals surface area contributed by atoms with Crippen molar-refractivity contribution in [3.05, 3.63) is 61.1 Å². The van der Waals surface area contributed by atoms with Gasteiger partial charge in [-0.3, -0.25) is 0 Å². The predicted octanol–water partition coefficient (Wildman–Crippen LogP) is 1.83. The number of aromatic nitrogens is 6. The number of carbonyl (C=O) groups is 1. The Balaban J connectivity index is 1.37. The van der Waals surface area contributed by atoms with Gasteiger partial charge in [0.15, 0.2) is 6.33 Å². The molecular formula is C17H16N8O. The van der Waals surface area contributed by atoms with Gasteiger partial charge in [0, 0.05) is 17.6 Å². The molecule has 2 heterocycles. The fourth-order valence-corrected chi connectivity index (χ4v) is 2.60. The first-order valence-corrected chi connectivity index (χ1v) is 8.08. The Bertz CT molecular complexity index is 1010. The molecule has 130 valence electrons. The summed E-state index contributed by atoms with van der Waals surface area (Å²) in [5.41, 5.74) is 2.66. The molecule has 2 aromatic carbocycles. The predicted molar refractivity (Wildman–Crippen MR) is 95.9 cm³/mol. The normalized spacial score (nSPS) is 10.8. The zero-order valence-electron chi connectivity index (χ0n) is 13.8. The molecule has 0 bridgehead atoms. The molecule has 4 aromatic rings. The number of fused-ring (bicyclic) bond motifs is 1. The first kappa shape index (κ1) is 15.8. The highest BCUT2D eigenvalue weighted by atomic mass is 16.2. The lowest BCUT2D eigenvalue weighted by Crippen LogP contribution is -2.31. The fourth-order valence-electron chi connectivity index (χ4n) is 2.60. The monoisotopic (exact) mass is 348 g/mol. The van der Waals surface area contributed by atoms with E-state index in [1.165, 1.54) is 11.1 Å². The highest BCUT2D eigenvalue weighted by Gasteiger charge is 2.05. The Morgan fingerprint density at radius 2 is 1.88 bits per heavy atom. The van der Waals surface area contributed by atoms with E-state index in [0.29, 0.717) is 18.8 Å². The number of tetrazole rings is 1. The number of hydrogen-bond acceptors (Lipinski definition) is 5. The lowest BCUT2D eigenvalue weighted by Gasteiger charge is -2.08. The standard InChI is InChI=1S/C17H16N8O/c26-17(18-9-10-24-21-12-19-23-24)22-14-5-7-15(8-6-14)25-16-4-2-1-3-13(16)11-20-25/h1-8,11-12H,9-10H2,(H2,18,22,26). The van der Waals surface area contributed by atoms with Gasteiger partial charge in [0.05, 0.1) is 23.9 Å². The minimum absolute atomic E-state index is 0.289. The summed E-state index contributed by atoms with van der Waals surface area (Å²) in [7, 11) is 0. The van der Waals surface area contributed by atoms with Crippen molar-refractivity contribution in [3.8, 4) is 5.69 Å². The molecule has 0 saturated heterocycles. The second-order valence-electron chi connectivity index (χ2n) is 5.57. The van der Waals surface area contributed by atoms with Gasteiger partial charge in [0.25, 0.3) is 0 Å². The van der Waals surface area contributed by atoms with Gasteiger partial charge in [-0.25, -0.2) is 9.48 Å². The molecule has 0 radical (unpaired) electrons. The highest BCUT2D eigenvalue weighted by molar-refractivity contribution is 5.89. The molecule has 9 heteroatoms. The summed E-state index contributed by atoms with van der Waals surface area (Å²) in [6, 6.07) is 15.2. The molecule has 0 unspecified atom stereocenters. The molecule has 0 atom stereocenters. The molecule has 0 fully saturated rings. The molecule has 0 aliphatic heterocycles. The van der Waals surface area contributed by atoms with Crippen LogP contribution in [0.3, 0.4) is 0 Å². The number of carbonyl (C=O) groups excluding carboxylic acids is 1. The van der Waals surface area contributed by atoms with Crippen molar-refractivity contribution in [1.82, 2.24) is 35.3 Å². The van der Waals surface area contributed by atoms with E-state index < -0.39 is 0 Å². The zero-order valence-corrected chi connectivity index (χ0v) is 13.8. The number of para-hydroxylation sites is 1. The maximum absolute atomic E-state index is 11.9. The second-order valence-corrected chi connectivity index (χ2v) is 5.57. The number of nitrogens with zero attached hydrogens (tertiary/aromatic N) is 6. The van der Waals surface area contributed by atoms with Crippen LogP contribution < -0.4 is 10.6 Å². The molecule has 2 amide bonds. The van der Waals surface area contributed by atoms with Crippen LogP contribution in [0.15, 0.2) is 61.1 Å². The van der Waals surface area contributed by atoms with Crippen molar-refractivity contribution < 1.29 is 4.79 Å². The van der Waals surface area contributed by atoms with Gasteiger partial charge in [-0.1, -0.05) is 18.2 Å². The Hall–Kier alpha value is -3.75. The molecule has 2 N–H and O–H groups in total. The van der Waals surface area contributed by atoms with Gasteiger partial charge in [-0.15, -0.1) is 10.2 Å². The third kappa shape index (κ3) is 3.36. The number of anilines is 1. The Kier molecular flexibility index (Phi) is 4.25. The maximum Gasteiger partial charge on any atom is 0.319 e. The Morgan fingerprint density at radius 1 is 1.04 bits per heavy atom. The van der Waals surface area contributed by atoms with E-state index in [1.807, 2.05) is 59.4 Å². The van der Waals surface area contributed by atoms with E-state index in [1.54, 1.807) is 0 Å². The smallest absolute Gasteiger partial charge is 0.319 e. The van der Waals surface area contributed by atoms with Gasteiger partial charge in [-0.2, -0.15) is 9.90 Å². The second kappa shape index (κ2) is 7.01. The molecular weight excluding hydrogens is 332 g/mol. The van der Waals surface area contributed by atoms with Crippen LogP contribution in [0.1, 0.15) is 0 Å². The summed E-state index contributed by atoms with van der Waals surface area (Å²) in [5.74, 6) is 0. The van der Waals surface area contributed by atoms with Crippen molar-refractivity contribution in [3.63, 3.8) is 0 Å². The van der Waals surface area contributed by atoms with Crippen LogP contribution in [0.5, 0.6) is 0 Å². The van der Waals surface area contributed by atoms with Gasteiger partial charge < -0.3 is 10.6 Å². The van der Waals surface area contributed by atoms with Gasteiger partial charge in [0.2, 0.25) is 0 Å². The van der Waals surface area contributed by atoms with Crippen molar-refractivity contribution in [2.45, 2.75) is 6.54 Å². The summed E-state index contributed by atoms with van der Waals surface area (Å²) in [6.45, 7) is 0.859. The summed E-state index contributed by atoms with van der Waals surface area (Å²) >= 11 is 0. The fraction of sp³-hybridized carbons (Fsp3) is 0.118. The molecule has 0 aliphatic rings. The minimum Gasteiger partial charge on any atom is -0.336 e. The lowest BCUT2D eigenvalue weighted by atomic mass is 10.2. The van der Waals surface area contributed by atoms with Crippen molar-refractivity contribution in [1.29, 1.82) is 0 Å². The Morgan fingerprint density at radius 3 is 2.69 bits per heavy atom. The van der Waals surface area contributed by atoms with Crippen LogP contribution in [0, 0.1) is 0 Å². The van der Waals surface area contributed by atoms with E-state index in [9.17, 15) is 4.79 Å². The largest absolute Gasteiger partial charge is 0.336 e. The molecule has 0 saturated carbocycles. The van der Waals surface area contributed by atoms with Gasteiger partial charge >= 0.3 is 6.03 Å². The van der Waals surface area contributed by atoms with E-state index in [-0.39, 0.29) is 6.03 Å². The quantitative estimate of drug-likeness (QED) is 0.573. The molecule has 0 spiro atoms. The number of hydrogen-bond donors (Lipinski definition) is 2. The van der Waals surface area contributed by atoms with Gasteiger partial charge in [-0.05, 0) is 35.5 Å². The number of urea groups is 1. The van der Waals surface area contributed by atoms with Crippen LogP contribution in [0.4, 0.5) is 10.5 Å². The van der Waals surface area contributed by atoms with Crippen molar-refractivity contribution in [2.24, 2.45) is 0 Å². The van der Waals surface area contributed by atoms with Crippen LogP contribution >= 0.6 is 0 Å². The minimum atomic E-state index is -0.289. The van der Waals surface area contributed by atoms with Crippen molar-refractivity contribution >= 4 is 22.6 Å². The van der Waals surface area contributed by atoms with Crippen LogP contribution in [0.2, 0.25) is 0 Å². The van der Waals surface area contributed by atoms with Gasteiger partial charge in [0.1, 0.15) is 0 Å². The van der Waals surface area contributed by atoms with Crippen molar-refractivity contribution in [2.75, 3.05) is 11.9 Å². The van der Waals surface area contributed by atoms with Crippen LogP contribution in [-0.4, -0.2) is 42.6 Å². The summed E-state index contributed by atoms with van der Waals surface area (Å²) in [5, 5.41) is 22.2. The molecule has 9 nitrogen and oxygen atoms in total. The lowest BCUT2D eigenvalue weighted by molar-refractivity contribution is 0.251. The summed E-state index contributed by atoms with van der Waals surface area (Å²) in [4.78, 5) is 13.3. The Labute approximate surface area is 148 Å². The average molecular weight is 348 g/mol. The molecule has 0 aliphatic carbocycles. The first-order valence-electron chi connectivity index (χ1n) is 8.08. The van der Waals surface area contributed by atoms with E-state index in [4.69, 9.17) is 0 Å². The van der Waals surface area contributed by atoms with Crippen LogP contribution in [0.25, 0.3) is 16.6 Å². The zero-order chi connectivity index (χ0) is 17.8. The number of nitrogens with one attached hydrogen (secondary N) is 2. The van der Waals surface area contributed by atoms with E-state index >= 15 is 0 Å². The maximum atomic E-state index is 11.9. The molecule has 4 rings (SSSR count). The third-order valence-electron chi connectivity index (χ3n) is 3.84. The molecule has 2 aromatic heterocycles. The van der Waals surface area contributed by atoms with Crippen LogP contribution in [-0.2, 0) is 6.54 Å². The number of amides is 2. The first-order chi connectivity index (χ1) is 12.8. The van der Waals surface area contributed by atoms with E-state index in [2.05, 4.69) is 31.1 Å². The number of benzene rings is 2. The van der Waals surface area contributed by atoms with E-state index in [0.717, 1.165) is 16.6 Å². The SMILES string of the molecule is O=C(NCCn1ncnn1)Nc1ccc(-n2ncc3ccccc32)cc1. The number of rotatable bonds is 5.